The Morgan fingerprint density at radius 3 is 2.94 bits per heavy atom. The highest BCUT2D eigenvalue weighted by Crippen LogP contribution is 2.38. The molecule has 1 fully saturated rings. The van der Waals surface area contributed by atoms with Crippen molar-refractivity contribution in [3.63, 3.8) is 0 Å². The third-order valence-electron chi connectivity index (χ3n) is 3.13. The summed E-state index contributed by atoms with van der Waals surface area (Å²) in [5.74, 6) is -0.441. The van der Waals surface area contributed by atoms with Crippen LogP contribution in [0.15, 0.2) is 24.3 Å². The maximum atomic E-state index is 13.1. The number of rotatable bonds is 3. The number of aliphatic carboxylic acids is 1. The molecule has 1 aromatic rings. The molecule has 3 nitrogen and oxygen atoms in total. The average Bonchev–Trinajstić information content (AvgIpc) is 2.61. The number of nitrogens with one attached hydrogen (secondary N) is 1. The Hall–Kier alpha value is -1.23. The monoisotopic (exact) mass is 255 g/mol. The zero-order valence-corrected chi connectivity index (χ0v) is 10.3. The van der Waals surface area contributed by atoms with Crippen LogP contribution in [0.4, 0.5) is 10.1 Å². The van der Waals surface area contributed by atoms with Crippen molar-refractivity contribution in [1.29, 1.82) is 0 Å². The van der Waals surface area contributed by atoms with Gasteiger partial charge in [0.25, 0.3) is 0 Å². The number of halogens is 1. The lowest BCUT2D eigenvalue weighted by molar-refractivity contribution is -0.142. The first kappa shape index (κ1) is 12.2. The van der Waals surface area contributed by atoms with Crippen molar-refractivity contribution in [1.82, 2.24) is 0 Å². The van der Waals surface area contributed by atoms with Gasteiger partial charge in [-0.15, -0.1) is 0 Å². The molecule has 0 radical (unpaired) electrons. The van der Waals surface area contributed by atoms with Gasteiger partial charge in [-0.3, -0.25) is 0 Å². The third kappa shape index (κ3) is 2.24. The Morgan fingerprint density at radius 2 is 2.41 bits per heavy atom. The number of carboxylic acids is 1. The van der Waals surface area contributed by atoms with Crippen LogP contribution in [0.2, 0.25) is 0 Å². The van der Waals surface area contributed by atoms with E-state index in [2.05, 4.69) is 5.32 Å². The van der Waals surface area contributed by atoms with E-state index in [0.29, 0.717) is 12.1 Å². The van der Waals surface area contributed by atoms with E-state index in [-0.39, 0.29) is 11.1 Å². The van der Waals surface area contributed by atoms with Crippen molar-refractivity contribution in [2.24, 2.45) is 0 Å². The van der Waals surface area contributed by atoms with Crippen LogP contribution in [0, 0.1) is 5.82 Å². The summed E-state index contributed by atoms with van der Waals surface area (Å²) < 4.78 is 13.1. The Morgan fingerprint density at radius 1 is 1.65 bits per heavy atom. The first-order valence-corrected chi connectivity index (χ1v) is 6.48. The second-order valence-electron chi connectivity index (χ2n) is 4.17. The summed E-state index contributed by atoms with van der Waals surface area (Å²) in [6.07, 6.45) is 0.546. The number of hydrogen-bond donors (Lipinski definition) is 2. The molecule has 17 heavy (non-hydrogen) atoms. The molecular formula is C12H14FNO2S. The molecule has 0 saturated carbocycles. The molecule has 0 spiro atoms. The molecule has 1 aliphatic rings. The molecule has 0 bridgehead atoms. The summed E-state index contributed by atoms with van der Waals surface area (Å²) in [6, 6.07) is 5.91. The molecule has 0 aliphatic carbocycles. The molecule has 2 N–H and O–H groups in total. The van der Waals surface area contributed by atoms with Gasteiger partial charge in [0.15, 0.2) is 0 Å². The van der Waals surface area contributed by atoms with E-state index >= 15 is 0 Å². The fourth-order valence-electron chi connectivity index (χ4n) is 2.06. The van der Waals surface area contributed by atoms with Crippen LogP contribution in [0.25, 0.3) is 0 Å². The maximum Gasteiger partial charge on any atom is 0.330 e. The van der Waals surface area contributed by atoms with Crippen LogP contribution >= 0.6 is 11.8 Å². The van der Waals surface area contributed by atoms with Crippen molar-refractivity contribution in [3.05, 3.63) is 30.1 Å². The molecule has 2 rings (SSSR count). The van der Waals surface area contributed by atoms with Crippen molar-refractivity contribution >= 4 is 23.4 Å². The van der Waals surface area contributed by atoms with E-state index in [1.165, 1.54) is 12.1 Å². The highest BCUT2D eigenvalue weighted by atomic mass is 32.2. The molecular weight excluding hydrogens is 241 g/mol. The predicted octanol–water partition coefficient (Wildman–Crippen LogP) is 2.59. The Labute approximate surface area is 103 Å². The van der Waals surface area contributed by atoms with Gasteiger partial charge in [-0.05, 0) is 30.4 Å². The van der Waals surface area contributed by atoms with Crippen LogP contribution in [0.1, 0.15) is 13.3 Å². The topological polar surface area (TPSA) is 49.3 Å². The SMILES string of the molecule is CC1SCCC1(Nc1cccc(F)c1)C(=O)O. The van der Waals surface area contributed by atoms with Gasteiger partial charge in [0.05, 0.1) is 0 Å². The van der Waals surface area contributed by atoms with Crippen molar-refractivity contribution in [3.8, 4) is 0 Å². The molecule has 2 unspecified atom stereocenters. The van der Waals surface area contributed by atoms with Crippen LogP contribution in [0.3, 0.4) is 0 Å². The normalized spacial score (nSPS) is 28.0. The molecule has 0 aromatic heterocycles. The van der Waals surface area contributed by atoms with Crippen LogP contribution in [0.5, 0.6) is 0 Å². The van der Waals surface area contributed by atoms with Crippen molar-refractivity contribution in [2.45, 2.75) is 24.1 Å². The van der Waals surface area contributed by atoms with E-state index in [0.717, 1.165) is 5.75 Å². The van der Waals surface area contributed by atoms with Crippen molar-refractivity contribution < 1.29 is 14.3 Å². The van der Waals surface area contributed by atoms with E-state index in [9.17, 15) is 14.3 Å². The number of anilines is 1. The third-order valence-corrected chi connectivity index (χ3v) is 4.47. The zero-order valence-electron chi connectivity index (χ0n) is 9.44. The van der Waals surface area contributed by atoms with Gasteiger partial charge in [0, 0.05) is 10.9 Å². The van der Waals surface area contributed by atoms with E-state index in [1.807, 2.05) is 6.92 Å². The molecule has 92 valence electrons. The second-order valence-corrected chi connectivity index (χ2v) is 5.62. The zero-order chi connectivity index (χ0) is 12.5. The summed E-state index contributed by atoms with van der Waals surface area (Å²) in [4.78, 5) is 11.5. The number of hydrogen-bond acceptors (Lipinski definition) is 3. The minimum Gasteiger partial charge on any atom is -0.479 e. The van der Waals surface area contributed by atoms with Gasteiger partial charge < -0.3 is 10.4 Å². The number of carboxylic acid groups (broad SMARTS) is 1. The Balaban J connectivity index is 2.28. The highest BCUT2D eigenvalue weighted by molar-refractivity contribution is 8.00. The first-order valence-electron chi connectivity index (χ1n) is 5.43. The number of carbonyl (C=O) groups is 1. The highest BCUT2D eigenvalue weighted by Gasteiger charge is 2.47. The maximum absolute atomic E-state index is 13.1. The Kier molecular flexibility index (Phi) is 3.28. The van der Waals surface area contributed by atoms with Gasteiger partial charge >= 0.3 is 5.97 Å². The molecule has 1 aliphatic heterocycles. The molecule has 1 heterocycles. The summed E-state index contributed by atoms with van der Waals surface area (Å²) in [5, 5.41) is 12.3. The van der Waals surface area contributed by atoms with Crippen LogP contribution < -0.4 is 5.32 Å². The minimum absolute atomic E-state index is 0.0386. The van der Waals surface area contributed by atoms with Crippen molar-refractivity contribution in [2.75, 3.05) is 11.1 Å². The number of thioether (sulfide) groups is 1. The van der Waals surface area contributed by atoms with Gasteiger partial charge in [-0.2, -0.15) is 11.8 Å². The Bertz CT molecular complexity index is 440. The fraction of sp³-hybridized carbons (Fsp3) is 0.417. The lowest BCUT2D eigenvalue weighted by Crippen LogP contribution is -2.50. The summed E-state index contributed by atoms with van der Waals surface area (Å²) in [7, 11) is 0. The van der Waals surface area contributed by atoms with Crippen LogP contribution in [-0.4, -0.2) is 27.6 Å². The summed E-state index contributed by atoms with van der Waals surface area (Å²) >= 11 is 1.62. The first-order chi connectivity index (χ1) is 8.04. The molecule has 5 heteroatoms. The predicted molar refractivity (Wildman–Crippen MR) is 66.9 cm³/mol. The number of benzene rings is 1. The lowest BCUT2D eigenvalue weighted by atomic mass is 9.92. The lowest BCUT2D eigenvalue weighted by Gasteiger charge is -2.30. The standard InChI is InChI=1S/C12H14FNO2S/c1-8-12(11(15)16,5-6-17-8)14-10-4-2-3-9(13)7-10/h2-4,7-8,14H,5-6H2,1H3,(H,15,16). The largest absolute Gasteiger partial charge is 0.479 e. The average molecular weight is 255 g/mol. The smallest absolute Gasteiger partial charge is 0.330 e. The summed E-state index contributed by atoms with van der Waals surface area (Å²) in [6.45, 7) is 1.89. The van der Waals surface area contributed by atoms with Gasteiger partial charge in [-0.25, -0.2) is 9.18 Å². The van der Waals surface area contributed by atoms with Gasteiger partial charge in [-0.1, -0.05) is 13.0 Å². The quantitative estimate of drug-likeness (QED) is 0.871. The van der Waals surface area contributed by atoms with E-state index < -0.39 is 11.5 Å². The van der Waals surface area contributed by atoms with Crippen LogP contribution in [-0.2, 0) is 4.79 Å². The van der Waals surface area contributed by atoms with Gasteiger partial charge in [0.1, 0.15) is 11.4 Å². The molecule has 2 atom stereocenters. The van der Waals surface area contributed by atoms with E-state index in [4.69, 9.17) is 0 Å². The molecule has 1 saturated heterocycles. The minimum atomic E-state index is -0.988. The molecule has 1 aromatic carbocycles. The van der Waals surface area contributed by atoms with Gasteiger partial charge in [0.2, 0.25) is 0 Å². The second kappa shape index (κ2) is 4.56. The summed E-state index contributed by atoms with van der Waals surface area (Å²) in [5.41, 5.74) is -0.472. The molecule has 0 amide bonds. The van der Waals surface area contributed by atoms with E-state index in [1.54, 1.807) is 23.9 Å². The fourth-order valence-corrected chi connectivity index (χ4v) is 3.42.